The number of hydrogen-bond donors (Lipinski definition) is 0. The van der Waals surface area contributed by atoms with Crippen molar-refractivity contribution in [3.8, 4) is 0 Å². The van der Waals surface area contributed by atoms with Gasteiger partial charge in [0.2, 0.25) is 5.79 Å². The number of rotatable bonds is 7. The first-order chi connectivity index (χ1) is 14.8. The standard InChI is InChI=1S/C21H20Cl2N2O5S/c1-15-2-5-18(6-3-15)31(26,27)29-12-17-11-28-21(30-17,13-25-9-8-24-14-25)19-7-4-16(22)10-20(19)23/h2-10,14,17H,11-13H2,1H3. The first-order valence-electron chi connectivity index (χ1n) is 9.47. The van der Waals surface area contributed by atoms with Crippen molar-refractivity contribution in [1.82, 2.24) is 9.55 Å². The summed E-state index contributed by atoms with van der Waals surface area (Å²) in [7, 11) is -3.92. The van der Waals surface area contributed by atoms with E-state index < -0.39 is 22.0 Å². The monoisotopic (exact) mass is 482 g/mol. The van der Waals surface area contributed by atoms with Crippen LogP contribution in [0.1, 0.15) is 11.1 Å². The lowest BCUT2D eigenvalue weighted by Crippen LogP contribution is -2.34. The van der Waals surface area contributed by atoms with Crippen molar-refractivity contribution in [2.24, 2.45) is 0 Å². The van der Waals surface area contributed by atoms with Crippen LogP contribution in [0.3, 0.4) is 0 Å². The quantitative estimate of drug-likeness (QED) is 0.470. The second kappa shape index (κ2) is 8.90. The average Bonchev–Trinajstić information content (AvgIpc) is 3.38. The van der Waals surface area contributed by atoms with Gasteiger partial charge in [-0.3, -0.25) is 4.18 Å². The van der Waals surface area contributed by atoms with Crippen molar-refractivity contribution in [3.63, 3.8) is 0 Å². The lowest BCUT2D eigenvalue weighted by molar-refractivity contribution is -0.189. The van der Waals surface area contributed by atoms with E-state index >= 15 is 0 Å². The number of aromatic nitrogens is 2. The maximum Gasteiger partial charge on any atom is 0.297 e. The highest BCUT2D eigenvalue weighted by atomic mass is 35.5. The maximum atomic E-state index is 12.5. The molecule has 2 atom stereocenters. The van der Waals surface area contributed by atoms with Gasteiger partial charge in [0, 0.05) is 23.0 Å². The molecule has 0 saturated carbocycles. The molecule has 1 saturated heterocycles. The molecule has 0 aliphatic carbocycles. The molecule has 31 heavy (non-hydrogen) atoms. The van der Waals surface area contributed by atoms with Crippen LogP contribution >= 0.6 is 23.2 Å². The van der Waals surface area contributed by atoms with Crippen molar-refractivity contribution in [3.05, 3.63) is 82.4 Å². The Morgan fingerprint density at radius 1 is 1.23 bits per heavy atom. The van der Waals surface area contributed by atoms with Gasteiger partial charge in [-0.25, -0.2) is 4.98 Å². The zero-order valence-electron chi connectivity index (χ0n) is 16.6. The summed E-state index contributed by atoms with van der Waals surface area (Å²) in [6.07, 6.45) is 4.41. The lowest BCUT2D eigenvalue weighted by Gasteiger charge is -2.29. The van der Waals surface area contributed by atoms with Crippen LogP contribution in [0.2, 0.25) is 10.0 Å². The number of halogens is 2. The molecule has 7 nitrogen and oxygen atoms in total. The molecule has 10 heteroatoms. The predicted octanol–water partition coefficient (Wildman–Crippen LogP) is 4.17. The van der Waals surface area contributed by atoms with E-state index in [9.17, 15) is 8.42 Å². The highest BCUT2D eigenvalue weighted by molar-refractivity contribution is 7.86. The molecule has 2 heterocycles. The zero-order valence-corrected chi connectivity index (χ0v) is 18.9. The number of ether oxygens (including phenoxy) is 2. The molecule has 1 aliphatic rings. The van der Waals surface area contributed by atoms with E-state index in [-0.39, 0.29) is 24.7 Å². The van der Waals surface area contributed by atoms with Crippen LogP contribution in [0.5, 0.6) is 0 Å². The molecule has 2 unspecified atom stereocenters. The Bertz CT molecular complexity index is 1150. The summed E-state index contributed by atoms with van der Waals surface area (Å²) >= 11 is 12.5. The van der Waals surface area contributed by atoms with Gasteiger partial charge in [0.25, 0.3) is 10.1 Å². The fourth-order valence-corrected chi connectivity index (χ4v) is 4.80. The smallest absolute Gasteiger partial charge is 0.297 e. The molecule has 1 fully saturated rings. The molecule has 2 aromatic carbocycles. The zero-order chi connectivity index (χ0) is 22.1. The van der Waals surface area contributed by atoms with Crippen molar-refractivity contribution in [1.29, 1.82) is 0 Å². The van der Waals surface area contributed by atoms with Crippen molar-refractivity contribution in [2.45, 2.75) is 30.3 Å². The first kappa shape index (κ1) is 22.3. The van der Waals surface area contributed by atoms with Gasteiger partial charge in [0.15, 0.2) is 0 Å². The minimum Gasteiger partial charge on any atom is -0.342 e. The maximum absolute atomic E-state index is 12.5. The topological polar surface area (TPSA) is 79.7 Å². The van der Waals surface area contributed by atoms with Crippen LogP contribution in [0, 0.1) is 6.92 Å². The molecular weight excluding hydrogens is 463 g/mol. The second-order valence-electron chi connectivity index (χ2n) is 7.21. The van der Waals surface area contributed by atoms with E-state index in [0.29, 0.717) is 15.6 Å². The third-order valence-electron chi connectivity index (χ3n) is 4.87. The van der Waals surface area contributed by atoms with E-state index in [1.165, 1.54) is 12.1 Å². The Kier molecular flexibility index (Phi) is 6.39. The van der Waals surface area contributed by atoms with Crippen molar-refractivity contribution >= 4 is 33.3 Å². The molecule has 4 rings (SSSR count). The summed E-state index contributed by atoms with van der Waals surface area (Å²) in [4.78, 5) is 4.13. The molecule has 0 radical (unpaired) electrons. The summed E-state index contributed by atoms with van der Waals surface area (Å²) in [5.41, 5.74) is 1.53. The van der Waals surface area contributed by atoms with E-state index in [1.54, 1.807) is 53.6 Å². The fraction of sp³-hybridized carbons (Fsp3) is 0.286. The minimum atomic E-state index is -3.92. The van der Waals surface area contributed by atoms with Gasteiger partial charge in [-0.15, -0.1) is 0 Å². The molecular formula is C21H20Cl2N2O5S. The van der Waals surface area contributed by atoms with Gasteiger partial charge >= 0.3 is 0 Å². The Morgan fingerprint density at radius 3 is 2.68 bits per heavy atom. The van der Waals surface area contributed by atoms with Gasteiger partial charge < -0.3 is 14.0 Å². The Morgan fingerprint density at radius 2 is 2.00 bits per heavy atom. The number of imidazole rings is 1. The summed E-state index contributed by atoms with van der Waals surface area (Å²) in [6, 6.07) is 11.5. The van der Waals surface area contributed by atoms with Gasteiger partial charge in [-0.05, 0) is 31.2 Å². The van der Waals surface area contributed by atoms with Crippen LogP contribution in [-0.2, 0) is 36.1 Å². The molecule has 1 aliphatic heterocycles. The van der Waals surface area contributed by atoms with E-state index in [0.717, 1.165) is 5.56 Å². The second-order valence-corrected chi connectivity index (χ2v) is 9.67. The normalized spacial score (nSPS) is 21.5. The van der Waals surface area contributed by atoms with Crippen LogP contribution < -0.4 is 0 Å². The molecule has 0 N–H and O–H groups in total. The molecule has 0 amide bonds. The highest BCUT2D eigenvalue weighted by Crippen LogP contribution is 2.40. The van der Waals surface area contributed by atoms with Crippen LogP contribution in [0.25, 0.3) is 0 Å². The first-order valence-corrected chi connectivity index (χ1v) is 11.6. The van der Waals surface area contributed by atoms with Gasteiger partial charge in [-0.1, -0.05) is 47.0 Å². The van der Waals surface area contributed by atoms with Crippen molar-refractivity contribution in [2.75, 3.05) is 13.2 Å². The van der Waals surface area contributed by atoms with E-state index in [2.05, 4.69) is 4.98 Å². The van der Waals surface area contributed by atoms with Crippen molar-refractivity contribution < 1.29 is 22.1 Å². The third-order valence-corrected chi connectivity index (χ3v) is 6.71. The summed E-state index contributed by atoms with van der Waals surface area (Å²) < 4.78 is 44.3. The molecule has 164 valence electrons. The lowest BCUT2D eigenvalue weighted by atomic mass is 10.1. The van der Waals surface area contributed by atoms with Gasteiger partial charge in [-0.2, -0.15) is 8.42 Å². The van der Waals surface area contributed by atoms with Gasteiger partial charge in [0.05, 0.1) is 36.0 Å². The summed E-state index contributed by atoms with van der Waals surface area (Å²) in [5, 5.41) is 0.857. The van der Waals surface area contributed by atoms with Crippen LogP contribution in [0.15, 0.2) is 66.1 Å². The van der Waals surface area contributed by atoms with Crippen LogP contribution in [0.4, 0.5) is 0 Å². The number of aryl methyl sites for hydroxylation is 1. The minimum absolute atomic E-state index is 0.0856. The Hall–Kier alpha value is -1.94. The largest absolute Gasteiger partial charge is 0.342 e. The molecule has 1 aromatic heterocycles. The summed E-state index contributed by atoms with van der Waals surface area (Å²) in [5.74, 6) is -1.25. The Labute approximate surface area is 190 Å². The fourth-order valence-electron chi connectivity index (χ4n) is 3.31. The molecule has 0 bridgehead atoms. The SMILES string of the molecule is Cc1ccc(S(=O)(=O)OCC2COC(Cn3ccnc3)(c3ccc(Cl)cc3Cl)O2)cc1. The number of benzene rings is 2. The summed E-state index contributed by atoms with van der Waals surface area (Å²) in [6.45, 7) is 2.06. The predicted molar refractivity (Wildman–Crippen MR) is 116 cm³/mol. The number of hydrogen-bond acceptors (Lipinski definition) is 6. The Balaban J connectivity index is 1.53. The van der Waals surface area contributed by atoms with Gasteiger partial charge in [0.1, 0.15) is 6.10 Å². The van der Waals surface area contributed by atoms with E-state index in [4.69, 9.17) is 36.9 Å². The molecule has 3 aromatic rings. The number of nitrogens with zero attached hydrogens (tertiary/aromatic N) is 2. The third kappa shape index (κ3) is 4.95. The average molecular weight is 483 g/mol. The van der Waals surface area contributed by atoms with E-state index in [1.807, 2.05) is 6.92 Å². The van der Waals surface area contributed by atoms with Crippen LogP contribution in [-0.4, -0.2) is 37.3 Å². The molecule has 0 spiro atoms. The highest BCUT2D eigenvalue weighted by Gasteiger charge is 2.45.